The van der Waals surface area contributed by atoms with Gasteiger partial charge in [0, 0.05) is 20.2 Å². The molecule has 124 valence electrons. The molecule has 0 N–H and O–H groups in total. The smallest absolute Gasteiger partial charge is 0.331 e. The second-order valence-electron chi connectivity index (χ2n) is 4.90. The Kier molecular flexibility index (Phi) is 5.07. The third-order valence-electron chi connectivity index (χ3n) is 2.87. The second-order valence-corrected chi connectivity index (χ2v) is 6.98. The van der Waals surface area contributed by atoms with Gasteiger partial charge in [0.05, 0.1) is 0 Å². The highest BCUT2D eigenvalue weighted by molar-refractivity contribution is 7.88. The average Bonchev–Trinajstić information content (AvgIpc) is 3.12. The van der Waals surface area contributed by atoms with E-state index in [1.807, 2.05) is 0 Å². The van der Waals surface area contributed by atoms with Gasteiger partial charge in [-0.2, -0.15) is 0 Å². The number of carbonyl (C=O) groups is 1. The average molecular weight is 339 g/mol. The van der Waals surface area contributed by atoms with Gasteiger partial charge in [-0.05, 0) is 37.3 Å². The molecule has 0 fully saturated rings. The van der Waals surface area contributed by atoms with Crippen LogP contribution in [0.1, 0.15) is 17.3 Å². The Morgan fingerprint density at radius 1 is 1.22 bits per heavy atom. The summed E-state index contributed by atoms with van der Waals surface area (Å²) in [5.74, 6) is 0.925. The lowest BCUT2D eigenvalue weighted by Crippen LogP contribution is -2.21. The molecule has 2 aromatic heterocycles. The molecule has 0 atom stereocenters. The molecule has 2 rings (SSSR count). The highest BCUT2D eigenvalue weighted by Crippen LogP contribution is 2.17. The van der Waals surface area contributed by atoms with Crippen molar-refractivity contribution in [3.63, 3.8) is 0 Å². The van der Waals surface area contributed by atoms with Gasteiger partial charge in [0.2, 0.25) is 5.09 Å². The normalized spacial score (nSPS) is 12.2. The number of rotatable bonds is 6. The molecular weight excluding hydrogens is 322 g/mol. The van der Waals surface area contributed by atoms with Gasteiger partial charge in [0.15, 0.2) is 0 Å². The molecule has 0 aromatic carbocycles. The van der Waals surface area contributed by atoms with E-state index >= 15 is 0 Å². The van der Waals surface area contributed by atoms with Gasteiger partial charge in [-0.3, -0.25) is 0 Å². The maximum atomic E-state index is 11.8. The molecule has 0 saturated carbocycles. The minimum absolute atomic E-state index is 0.163. The van der Waals surface area contributed by atoms with Crippen molar-refractivity contribution in [3.8, 4) is 0 Å². The third-order valence-corrected chi connectivity index (χ3v) is 4.56. The summed E-state index contributed by atoms with van der Waals surface area (Å²) in [6, 6.07) is 6.27. The highest BCUT2D eigenvalue weighted by Gasteiger charge is 2.21. The van der Waals surface area contributed by atoms with Crippen LogP contribution in [-0.4, -0.2) is 32.8 Å². The maximum Gasteiger partial charge on any atom is 0.331 e. The Labute approximate surface area is 134 Å². The van der Waals surface area contributed by atoms with E-state index < -0.39 is 16.0 Å². The molecule has 0 aliphatic rings. The summed E-state index contributed by atoms with van der Waals surface area (Å²) in [5, 5.41) is -0.199. The Hall–Kier alpha value is -2.32. The Bertz CT molecular complexity index is 813. The first-order valence-electron chi connectivity index (χ1n) is 6.71. The summed E-state index contributed by atoms with van der Waals surface area (Å²) < 4.78 is 40.2. The number of hydrogen-bond acceptors (Lipinski definition) is 6. The number of aryl methyl sites for hydroxylation is 1. The van der Waals surface area contributed by atoms with E-state index in [9.17, 15) is 13.2 Å². The van der Waals surface area contributed by atoms with E-state index in [1.165, 1.54) is 38.4 Å². The minimum atomic E-state index is -3.64. The van der Waals surface area contributed by atoms with Crippen molar-refractivity contribution in [3.05, 3.63) is 47.6 Å². The molecule has 0 aliphatic heterocycles. The van der Waals surface area contributed by atoms with Crippen molar-refractivity contribution in [1.29, 1.82) is 0 Å². The topological polar surface area (TPSA) is 90.0 Å². The van der Waals surface area contributed by atoms with E-state index in [4.69, 9.17) is 13.6 Å². The molecule has 2 heterocycles. The molecule has 0 amide bonds. The lowest BCUT2D eigenvalue weighted by Gasteiger charge is -2.07. The van der Waals surface area contributed by atoms with E-state index in [-0.39, 0.29) is 17.5 Å². The van der Waals surface area contributed by atoms with Crippen LogP contribution < -0.4 is 0 Å². The molecule has 0 radical (unpaired) electrons. The molecule has 0 aliphatic carbocycles. The van der Waals surface area contributed by atoms with E-state index in [0.29, 0.717) is 5.76 Å². The number of ether oxygens (including phenoxy) is 1. The van der Waals surface area contributed by atoms with Gasteiger partial charge in [0.25, 0.3) is 10.0 Å². The van der Waals surface area contributed by atoms with Crippen LogP contribution in [0.2, 0.25) is 0 Å². The first kappa shape index (κ1) is 17.0. The summed E-state index contributed by atoms with van der Waals surface area (Å²) in [6.45, 7) is 1.63. The molecule has 7 nitrogen and oxygen atoms in total. The Balaban J connectivity index is 1.92. The summed E-state index contributed by atoms with van der Waals surface area (Å²) in [7, 11) is -0.836. The number of hydrogen-bond donors (Lipinski definition) is 0. The maximum absolute atomic E-state index is 11.8. The van der Waals surface area contributed by atoms with Crippen LogP contribution in [-0.2, 0) is 26.2 Å². The fourth-order valence-corrected chi connectivity index (χ4v) is 2.45. The van der Waals surface area contributed by atoms with Gasteiger partial charge in [-0.25, -0.2) is 17.5 Å². The van der Waals surface area contributed by atoms with E-state index in [2.05, 4.69) is 0 Å². The zero-order valence-corrected chi connectivity index (χ0v) is 13.8. The number of nitrogens with zero attached hydrogens (tertiary/aromatic N) is 1. The minimum Gasteiger partial charge on any atom is -0.462 e. The zero-order chi connectivity index (χ0) is 17.0. The van der Waals surface area contributed by atoms with Crippen molar-refractivity contribution in [2.45, 2.75) is 18.6 Å². The lowest BCUT2D eigenvalue weighted by atomic mass is 10.4. The summed E-state index contributed by atoms with van der Waals surface area (Å²) >= 11 is 0. The van der Waals surface area contributed by atoms with Crippen LogP contribution >= 0.6 is 0 Å². The van der Waals surface area contributed by atoms with Gasteiger partial charge < -0.3 is 13.6 Å². The largest absolute Gasteiger partial charge is 0.462 e. The van der Waals surface area contributed by atoms with Crippen LogP contribution in [0.3, 0.4) is 0 Å². The van der Waals surface area contributed by atoms with Crippen molar-refractivity contribution < 1.29 is 26.8 Å². The molecule has 0 saturated heterocycles. The Morgan fingerprint density at radius 3 is 2.57 bits per heavy atom. The van der Waals surface area contributed by atoms with Crippen LogP contribution in [0.4, 0.5) is 0 Å². The predicted octanol–water partition coefficient (Wildman–Crippen LogP) is 2.19. The van der Waals surface area contributed by atoms with Crippen molar-refractivity contribution in [2.75, 3.05) is 14.1 Å². The molecule has 0 bridgehead atoms. The Morgan fingerprint density at radius 2 is 1.96 bits per heavy atom. The lowest BCUT2D eigenvalue weighted by molar-refractivity contribution is -0.139. The number of sulfonamides is 1. The standard InChI is InChI=1S/C15H17NO6S/c1-11-4-5-12(21-11)6-8-14(17)20-10-13-7-9-15(22-13)23(18,19)16(2)3/h4-9H,10H2,1-3H3/b8-6+. The van der Waals surface area contributed by atoms with Gasteiger partial charge in [-0.15, -0.1) is 0 Å². The van der Waals surface area contributed by atoms with E-state index in [0.717, 1.165) is 10.1 Å². The molecule has 8 heteroatoms. The molecule has 0 unspecified atom stereocenters. The fraction of sp³-hybridized carbons (Fsp3) is 0.267. The highest BCUT2D eigenvalue weighted by atomic mass is 32.2. The first-order chi connectivity index (χ1) is 10.8. The molecule has 2 aromatic rings. The predicted molar refractivity (Wildman–Crippen MR) is 81.9 cm³/mol. The first-order valence-corrected chi connectivity index (χ1v) is 8.15. The summed E-state index contributed by atoms with van der Waals surface area (Å²) in [6.07, 6.45) is 2.71. The summed E-state index contributed by atoms with van der Waals surface area (Å²) in [4.78, 5) is 11.6. The van der Waals surface area contributed by atoms with Crippen molar-refractivity contribution in [2.24, 2.45) is 0 Å². The van der Waals surface area contributed by atoms with Crippen LogP contribution in [0.15, 0.2) is 44.3 Å². The van der Waals surface area contributed by atoms with Gasteiger partial charge >= 0.3 is 5.97 Å². The van der Waals surface area contributed by atoms with E-state index in [1.54, 1.807) is 19.1 Å². The zero-order valence-electron chi connectivity index (χ0n) is 13.0. The molecule has 0 spiro atoms. The molecule has 23 heavy (non-hydrogen) atoms. The monoisotopic (exact) mass is 339 g/mol. The summed E-state index contributed by atoms with van der Waals surface area (Å²) in [5.41, 5.74) is 0. The van der Waals surface area contributed by atoms with Crippen molar-refractivity contribution in [1.82, 2.24) is 4.31 Å². The second kappa shape index (κ2) is 6.84. The SMILES string of the molecule is Cc1ccc(/C=C/C(=O)OCc2ccc(S(=O)(=O)N(C)C)o2)o1. The van der Waals surface area contributed by atoms with Gasteiger partial charge in [0.1, 0.15) is 23.9 Å². The van der Waals surface area contributed by atoms with Crippen LogP contribution in [0.5, 0.6) is 0 Å². The molecular formula is C15H17NO6S. The van der Waals surface area contributed by atoms with Crippen LogP contribution in [0, 0.1) is 6.92 Å². The van der Waals surface area contributed by atoms with Crippen molar-refractivity contribution >= 4 is 22.1 Å². The number of carbonyl (C=O) groups excluding carboxylic acids is 1. The third kappa shape index (κ3) is 4.33. The van der Waals surface area contributed by atoms with Gasteiger partial charge in [-0.1, -0.05) is 0 Å². The van der Waals surface area contributed by atoms with Crippen LogP contribution in [0.25, 0.3) is 6.08 Å². The quantitative estimate of drug-likeness (QED) is 0.592. The number of furan rings is 2. The fourth-order valence-electron chi connectivity index (χ4n) is 1.64. The number of esters is 1.